The summed E-state index contributed by atoms with van der Waals surface area (Å²) >= 11 is 1.40. The average molecular weight is 335 g/mol. The molecule has 0 bridgehead atoms. The van der Waals surface area contributed by atoms with Crippen molar-refractivity contribution in [3.05, 3.63) is 76.7 Å². The van der Waals surface area contributed by atoms with Crippen LogP contribution in [-0.4, -0.2) is 15.8 Å². The molecule has 1 atom stereocenters. The highest BCUT2D eigenvalue weighted by Gasteiger charge is 2.31. The summed E-state index contributed by atoms with van der Waals surface area (Å²) in [6.45, 7) is 2.08. The molecule has 3 aromatic rings. The van der Waals surface area contributed by atoms with E-state index in [0.29, 0.717) is 5.13 Å². The molecule has 1 N–H and O–H groups in total. The molecule has 24 heavy (non-hydrogen) atoms. The van der Waals surface area contributed by atoms with E-state index in [0.717, 1.165) is 17.7 Å². The predicted octanol–water partition coefficient (Wildman–Crippen LogP) is 4.51. The molecule has 0 spiro atoms. The first-order chi connectivity index (χ1) is 11.7. The summed E-state index contributed by atoms with van der Waals surface area (Å²) in [5.74, 6) is 0.0426. The van der Waals surface area contributed by atoms with Gasteiger partial charge in [-0.05, 0) is 18.1 Å². The molecule has 1 aromatic heterocycles. The van der Waals surface area contributed by atoms with E-state index in [4.69, 9.17) is 5.10 Å². The van der Waals surface area contributed by atoms with Crippen LogP contribution in [0.1, 0.15) is 29.2 Å². The molecule has 4 nitrogen and oxygen atoms in total. The van der Waals surface area contributed by atoms with E-state index in [1.165, 1.54) is 22.5 Å². The topological polar surface area (TPSA) is 48.7 Å². The summed E-state index contributed by atoms with van der Waals surface area (Å²) in [6, 6.07) is 18.8. The Bertz CT molecular complexity index is 871. The van der Waals surface area contributed by atoms with Crippen LogP contribution in [0, 0.1) is 6.92 Å². The molecule has 5 heteroatoms. The van der Waals surface area contributed by atoms with Crippen molar-refractivity contribution in [1.29, 1.82) is 0 Å². The first kappa shape index (κ1) is 14.9. The minimum Gasteiger partial charge on any atom is -0.493 e. The van der Waals surface area contributed by atoms with Crippen LogP contribution in [0.25, 0.3) is 0 Å². The zero-order chi connectivity index (χ0) is 16.5. The van der Waals surface area contributed by atoms with Crippen molar-refractivity contribution in [3.63, 3.8) is 0 Å². The maximum absolute atomic E-state index is 9.61. The standard InChI is InChI=1S/C19H17N3OS/c1-13-7-9-15(10-8-13)17-11-16(14-5-3-2-4-6-14)21-22(17)19-20-18(23)12-24-19/h2-10,12,17,23H,11H2,1H3. The van der Waals surface area contributed by atoms with Gasteiger partial charge in [-0.2, -0.15) is 10.1 Å². The monoisotopic (exact) mass is 335 g/mol. The molecule has 0 radical (unpaired) electrons. The molecule has 1 aliphatic rings. The Hall–Kier alpha value is -2.66. The van der Waals surface area contributed by atoms with Gasteiger partial charge in [-0.1, -0.05) is 71.5 Å². The quantitative estimate of drug-likeness (QED) is 0.766. The van der Waals surface area contributed by atoms with Gasteiger partial charge in [0.05, 0.1) is 17.1 Å². The second-order valence-electron chi connectivity index (χ2n) is 5.88. The molecule has 0 fully saturated rings. The van der Waals surface area contributed by atoms with Crippen molar-refractivity contribution in [2.24, 2.45) is 5.10 Å². The second kappa shape index (κ2) is 6.09. The van der Waals surface area contributed by atoms with Crippen LogP contribution < -0.4 is 5.01 Å². The first-order valence-corrected chi connectivity index (χ1v) is 8.72. The van der Waals surface area contributed by atoms with Gasteiger partial charge < -0.3 is 5.11 Å². The molecule has 120 valence electrons. The summed E-state index contributed by atoms with van der Waals surface area (Å²) in [5.41, 5.74) is 4.60. The van der Waals surface area contributed by atoms with Gasteiger partial charge in [-0.25, -0.2) is 5.01 Å². The highest BCUT2D eigenvalue weighted by Crippen LogP contribution is 2.38. The summed E-state index contributed by atoms with van der Waals surface area (Å²) in [4.78, 5) is 4.21. The average Bonchev–Trinajstić information content (AvgIpc) is 3.23. The van der Waals surface area contributed by atoms with Crippen molar-refractivity contribution in [2.75, 3.05) is 5.01 Å². The highest BCUT2D eigenvalue weighted by atomic mass is 32.1. The smallest absolute Gasteiger partial charge is 0.223 e. The Kier molecular flexibility index (Phi) is 3.78. The summed E-state index contributed by atoms with van der Waals surface area (Å²) < 4.78 is 0. The van der Waals surface area contributed by atoms with Crippen molar-refractivity contribution >= 4 is 22.2 Å². The summed E-state index contributed by atoms with van der Waals surface area (Å²) in [7, 11) is 0. The first-order valence-electron chi connectivity index (χ1n) is 7.84. The zero-order valence-electron chi connectivity index (χ0n) is 13.3. The number of aryl methyl sites for hydroxylation is 1. The second-order valence-corrected chi connectivity index (χ2v) is 6.71. The number of aromatic hydroxyl groups is 1. The third kappa shape index (κ3) is 2.78. The van der Waals surface area contributed by atoms with Gasteiger partial charge in [-0.15, -0.1) is 0 Å². The molecule has 2 aromatic carbocycles. The van der Waals surface area contributed by atoms with E-state index in [1.54, 1.807) is 5.38 Å². The maximum Gasteiger partial charge on any atom is 0.223 e. The number of thiazole rings is 1. The molecule has 0 amide bonds. The fourth-order valence-electron chi connectivity index (χ4n) is 2.90. The van der Waals surface area contributed by atoms with Gasteiger partial charge in [0.15, 0.2) is 0 Å². The number of rotatable bonds is 3. The van der Waals surface area contributed by atoms with Gasteiger partial charge in [0, 0.05) is 6.42 Å². The van der Waals surface area contributed by atoms with Gasteiger partial charge >= 0.3 is 0 Å². The minimum absolute atomic E-state index is 0.0426. The fourth-order valence-corrected chi connectivity index (χ4v) is 3.59. The van der Waals surface area contributed by atoms with Gasteiger partial charge in [0.25, 0.3) is 0 Å². The molecular weight excluding hydrogens is 318 g/mol. The van der Waals surface area contributed by atoms with Crippen LogP contribution in [0.5, 0.6) is 5.88 Å². The Morgan fingerprint density at radius 1 is 1.08 bits per heavy atom. The van der Waals surface area contributed by atoms with Crippen LogP contribution in [-0.2, 0) is 0 Å². The molecule has 1 unspecified atom stereocenters. The third-order valence-corrected chi connectivity index (χ3v) is 4.97. The highest BCUT2D eigenvalue weighted by molar-refractivity contribution is 7.13. The number of anilines is 1. The SMILES string of the molecule is Cc1ccc(C2CC(c3ccccc3)=NN2c2nc(O)cs2)cc1. The number of hydrogen-bond donors (Lipinski definition) is 1. The van der Waals surface area contributed by atoms with Crippen LogP contribution in [0.3, 0.4) is 0 Å². The van der Waals surface area contributed by atoms with Gasteiger partial charge in [-0.3, -0.25) is 0 Å². The van der Waals surface area contributed by atoms with E-state index in [-0.39, 0.29) is 11.9 Å². The van der Waals surface area contributed by atoms with E-state index in [2.05, 4.69) is 48.3 Å². The van der Waals surface area contributed by atoms with Crippen molar-refractivity contribution in [1.82, 2.24) is 4.98 Å². The third-order valence-electron chi connectivity index (χ3n) is 4.16. The lowest BCUT2D eigenvalue weighted by molar-refractivity contribution is 0.457. The van der Waals surface area contributed by atoms with E-state index < -0.39 is 0 Å². The van der Waals surface area contributed by atoms with Gasteiger partial charge in [0.2, 0.25) is 11.0 Å². The van der Waals surface area contributed by atoms with Crippen LogP contribution >= 0.6 is 11.3 Å². The van der Waals surface area contributed by atoms with Crippen LogP contribution in [0.2, 0.25) is 0 Å². The number of nitrogens with zero attached hydrogens (tertiary/aromatic N) is 3. The Balaban J connectivity index is 1.74. The Morgan fingerprint density at radius 3 is 2.50 bits per heavy atom. The Labute approximate surface area is 144 Å². The zero-order valence-corrected chi connectivity index (χ0v) is 14.1. The predicted molar refractivity (Wildman–Crippen MR) is 97.8 cm³/mol. The lowest BCUT2D eigenvalue weighted by atomic mass is 9.98. The van der Waals surface area contributed by atoms with E-state index in [9.17, 15) is 5.11 Å². The number of hydrogen-bond acceptors (Lipinski definition) is 5. The number of aromatic nitrogens is 1. The molecule has 0 saturated carbocycles. The molecule has 0 aliphatic carbocycles. The minimum atomic E-state index is 0.0426. The largest absolute Gasteiger partial charge is 0.493 e. The maximum atomic E-state index is 9.61. The van der Waals surface area contributed by atoms with E-state index in [1.807, 2.05) is 23.2 Å². The summed E-state index contributed by atoms with van der Waals surface area (Å²) in [6.07, 6.45) is 0.813. The molecular formula is C19H17N3OS. The fraction of sp³-hybridized carbons (Fsp3) is 0.158. The molecule has 2 heterocycles. The lowest BCUT2D eigenvalue weighted by Crippen LogP contribution is -2.18. The number of benzene rings is 2. The molecule has 0 saturated heterocycles. The van der Waals surface area contributed by atoms with Crippen molar-refractivity contribution in [3.8, 4) is 5.88 Å². The molecule has 1 aliphatic heterocycles. The van der Waals surface area contributed by atoms with Gasteiger partial charge in [0.1, 0.15) is 0 Å². The lowest BCUT2D eigenvalue weighted by Gasteiger charge is -2.21. The van der Waals surface area contributed by atoms with Crippen molar-refractivity contribution in [2.45, 2.75) is 19.4 Å². The summed E-state index contributed by atoms with van der Waals surface area (Å²) in [5, 5.41) is 18.7. The Morgan fingerprint density at radius 2 is 1.83 bits per heavy atom. The molecule has 4 rings (SSSR count). The van der Waals surface area contributed by atoms with E-state index >= 15 is 0 Å². The van der Waals surface area contributed by atoms with Crippen LogP contribution in [0.15, 0.2) is 65.1 Å². The number of hydrazone groups is 1. The van der Waals surface area contributed by atoms with Crippen LogP contribution in [0.4, 0.5) is 5.13 Å². The van der Waals surface area contributed by atoms with Crippen molar-refractivity contribution < 1.29 is 5.11 Å². The normalized spacial score (nSPS) is 17.1.